The zero-order valence-corrected chi connectivity index (χ0v) is 21.3. The lowest BCUT2D eigenvalue weighted by Gasteiger charge is -2.27. The van der Waals surface area contributed by atoms with Crippen molar-refractivity contribution in [2.24, 2.45) is 0 Å². The molecule has 0 unspecified atom stereocenters. The fourth-order valence-corrected chi connectivity index (χ4v) is 4.25. The van der Waals surface area contributed by atoms with Gasteiger partial charge in [0.25, 0.3) is 11.7 Å². The number of halogens is 1. The predicted octanol–water partition coefficient (Wildman–Crippen LogP) is 3.36. The third kappa shape index (κ3) is 5.01. The highest BCUT2D eigenvalue weighted by atomic mass is 35.5. The van der Waals surface area contributed by atoms with Gasteiger partial charge in [-0.25, -0.2) is 0 Å². The van der Waals surface area contributed by atoms with E-state index in [1.807, 2.05) is 19.0 Å². The summed E-state index contributed by atoms with van der Waals surface area (Å²) in [6, 6.07) is 7.05. The van der Waals surface area contributed by atoms with E-state index in [2.05, 4.69) is 0 Å². The van der Waals surface area contributed by atoms with Gasteiger partial charge in [0.1, 0.15) is 11.5 Å². The maximum absolute atomic E-state index is 13.2. The Morgan fingerprint density at radius 1 is 0.971 bits per heavy atom. The number of rotatable bonds is 9. The summed E-state index contributed by atoms with van der Waals surface area (Å²) in [4.78, 5) is 29.7. The number of likely N-dealkylation sites (tertiary alicyclic amines) is 1. The molecule has 1 atom stereocenters. The summed E-state index contributed by atoms with van der Waals surface area (Å²) in [6.45, 7) is 0.751. The molecule has 0 spiro atoms. The van der Waals surface area contributed by atoms with E-state index in [0.29, 0.717) is 35.1 Å². The van der Waals surface area contributed by atoms with Crippen LogP contribution in [0.3, 0.4) is 0 Å². The van der Waals surface area contributed by atoms with E-state index in [1.165, 1.54) is 39.4 Å². The van der Waals surface area contributed by atoms with Crippen LogP contribution in [0.25, 0.3) is 5.76 Å². The van der Waals surface area contributed by atoms with Crippen molar-refractivity contribution in [1.29, 1.82) is 0 Å². The Bertz CT molecular complexity index is 1140. The van der Waals surface area contributed by atoms with Gasteiger partial charge in [0.2, 0.25) is 5.75 Å². The van der Waals surface area contributed by atoms with Gasteiger partial charge in [0, 0.05) is 18.7 Å². The highest BCUT2D eigenvalue weighted by molar-refractivity contribution is 6.46. The molecular formula is C25H29ClN2O7. The molecular weight excluding hydrogens is 476 g/mol. The SMILES string of the molecule is COc1ccc(C(O)=C2C(=O)C(=O)N(CCN(C)C)[C@H]2c2cc(OC)c(OC)c(OC)c2)cc1Cl. The highest BCUT2D eigenvalue weighted by Crippen LogP contribution is 2.45. The van der Waals surface area contributed by atoms with E-state index in [9.17, 15) is 14.7 Å². The lowest BCUT2D eigenvalue weighted by molar-refractivity contribution is -0.140. The Kier molecular flexibility index (Phi) is 8.14. The molecule has 2 aromatic rings. The van der Waals surface area contributed by atoms with Gasteiger partial charge in [-0.05, 0) is 50.0 Å². The van der Waals surface area contributed by atoms with Crippen molar-refractivity contribution in [2.75, 3.05) is 55.6 Å². The summed E-state index contributed by atoms with van der Waals surface area (Å²) in [5, 5.41) is 11.5. The third-order valence-electron chi connectivity index (χ3n) is 5.76. The van der Waals surface area contributed by atoms with E-state index >= 15 is 0 Å². The largest absolute Gasteiger partial charge is 0.507 e. The monoisotopic (exact) mass is 504 g/mol. The first kappa shape index (κ1) is 26.2. The fraction of sp³-hybridized carbons (Fsp3) is 0.360. The Morgan fingerprint density at radius 3 is 2.06 bits per heavy atom. The number of carbonyl (C=O) groups excluding carboxylic acids is 2. The normalized spacial score (nSPS) is 17.1. The first-order chi connectivity index (χ1) is 16.7. The highest BCUT2D eigenvalue weighted by Gasteiger charge is 2.46. The lowest BCUT2D eigenvalue weighted by atomic mass is 9.94. The number of ketones is 1. The molecule has 9 nitrogen and oxygen atoms in total. The summed E-state index contributed by atoms with van der Waals surface area (Å²) in [5.41, 5.74) is 0.724. The molecule has 1 aliphatic rings. The van der Waals surface area contributed by atoms with E-state index in [0.717, 1.165) is 0 Å². The molecule has 35 heavy (non-hydrogen) atoms. The van der Waals surface area contributed by atoms with Crippen LogP contribution in [0.4, 0.5) is 0 Å². The maximum Gasteiger partial charge on any atom is 0.295 e. The van der Waals surface area contributed by atoms with Crippen LogP contribution in [0.15, 0.2) is 35.9 Å². The van der Waals surface area contributed by atoms with Crippen LogP contribution in [0.2, 0.25) is 5.02 Å². The minimum atomic E-state index is -0.899. The van der Waals surface area contributed by atoms with Crippen molar-refractivity contribution in [1.82, 2.24) is 9.80 Å². The number of nitrogens with zero attached hydrogens (tertiary/aromatic N) is 2. The van der Waals surface area contributed by atoms with Crippen molar-refractivity contribution >= 4 is 29.1 Å². The Balaban J connectivity index is 2.26. The molecule has 1 saturated heterocycles. The lowest BCUT2D eigenvalue weighted by Crippen LogP contribution is -2.35. The smallest absolute Gasteiger partial charge is 0.295 e. The van der Waals surface area contributed by atoms with E-state index in [4.69, 9.17) is 30.5 Å². The van der Waals surface area contributed by atoms with Crippen molar-refractivity contribution in [3.63, 3.8) is 0 Å². The van der Waals surface area contributed by atoms with E-state index in [1.54, 1.807) is 24.3 Å². The van der Waals surface area contributed by atoms with Gasteiger partial charge < -0.3 is 33.9 Å². The summed E-state index contributed by atoms with van der Waals surface area (Å²) in [7, 11) is 9.64. The van der Waals surface area contributed by atoms with Gasteiger partial charge >= 0.3 is 0 Å². The van der Waals surface area contributed by atoms with Gasteiger partial charge in [0.15, 0.2) is 11.5 Å². The number of hydrogen-bond acceptors (Lipinski definition) is 8. The molecule has 0 radical (unpaired) electrons. The summed E-state index contributed by atoms with van der Waals surface area (Å²) in [6.07, 6.45) is 0. The Morgan fingerprint density at radius 2 is 1.57 bits per heavy atom. The average molecular weight is 505 g/mol. The number of aliphatic hydroxyl groups is 1. The minimum absolute atomic E-state index is 0.0655. The Labute approximate surface area is 209 Å². The third-order valence-corrected chi connectivity index (χ3v) is 6.05. The molecule has 0 aromatic heterocycles. The first-order valence-electron chi connectivity index (χ1n) is 10.7. The molecule has 2 aromatic carbocycles. The van der Waals surface area contributed by atoms with Gasteiger partial charge in [-0.1, -0.05) is 11.6 Å². The Hall–Kier alpha value is -3.43. The second kappa shape index (κ2) is 10.9. The number of Topliss-reactive ketones (excluding diaryl/α,β-unsaturated/α-hetero) is 1. The zero-order valence-electron chi connectivity index (χ0n) is 20.5. The molecule has 1 fully saturated rings. The number of aliphatic hydroxyl groups excluding tert-OH is 1. The van der Waals surface area contributed by atoms with Gasteiger partial charge in [-0.3, -0.25) is 9.59 Å². The number of hydrogen-bond donors (Lipinski definition) is 1. The molecule has 0 bridgehead atoms. The van der Waals surface area contributed by atoms with Crippen LogP contribution < -0.4 is 18.9 Å². The molecule has 1 amide bonds. The molecule has 1 aliphatic heterocycles. The molecule has 188 valence electrons. The van der Waals surface area contributed by atoms with Gasteiger partial charge in [-0.2, -0.15) is 0 Å². The predicted molar refractivity (Wildman–Crippen MR) is 132 cm³/mol. The van der Waals surface area contributed by atoms with Crippen LogP contribution in [-0.4, -0.2) is 82.2 Å². The van der Waals surface area contributed by atoms with Crippen molar-refractivity contribution in [3.05, 3.63) is 52.1 Å². The van der Waals surface area contributed by atoms with Gasteiger partial charge in [0.05, 0.1) is 45.1 Å². The minimum Gasteiger partial charge on any atom is -0.507 e. The standard InChI is InChI=1S/C25H29ClN2O7/c1-27(2)9-10-28-21(15-12-18(33-4)24(35-6)19(13-15)34-5)20(23(30)25(28)31)22(29)14-7-8-17(32-3)16(26)11-14/h7-8,11-13,21,29H,9-10H2,1-6H3/t21-/m0/s1. The van der Waals surface area contributed by atoms with Crippen LogP contribution in [0.1, 0.15) is 17.2 Å². The first-order valence-corrected chi connectivity index (χ1v) is 11.1. The topological polar surface area (TPSA) is 97.8 Å². The van der Waals surface area contributed by atoms with Crippen LogP contribution in [0.5, 0.6) is 23.0 Å². The second-order valence-electron chi connectivity index (χ2n) is 8.10. The summed E-state index contributed by atoms with van der Waals surface area (Å²) in [5.74, 6) is -0.375. The van der Waals surface area contributed by atoms with Crippen LogP contribution in [0, 0.1) is 0 Å². The number of methoxy groups -OCH3 is 4. The van der Waals surface area contributed by atoms with E-state index < -0.39 is 17.7 Å². The van der Waals surface area contributed by atoms with Crippen molar-refractivity contribution in [2.45, 2.75) is 6.04 Å². The van der Waals surface area contributed by atoms with Gasteiger partial charge in [-0.15, -0.1) is 0 Å². The molecule has 3 rings (SSSR count). The molecule has 1 heterocycles. The number of ether oxygens (including phenoxy) is 4. The fourth-order valence-electron chi connectivity index (χ4n) is 3.99. The van der Waals surface area contributed by atoms with Crippen LogP contribution >= 0.6 is 11.6 Å². The zero-order chi connectivity index (χ0) is 25.9. The summed E-state index contributed by atoms with van der Waals surface area (Å²) < 4.78 is 21.5. The summed E-state index contributed by atoms with van der Waals surface area (Å²) >= 11 is 6.25. The molecule has 0 saturated carbocycles. The number of amides is 1. The van der Waals surface area contributed by atoms with Crippen molar-refractivity contribution < 1.29 is 33.6 Å². The average Bonchev–Trinajstić information content (AvgIpc) is 3.10. The maximum atomic E-state index is 13.2. The number of carbonyl (C=O) groups is 2. The molecule has 1 N–H and O–H groups in total. The number of likely N-dealkylation sites (N-methyl/N-ethyl adjacent to an activating group) is 1. The number of benzene rings is 2. The van der Waals surface area contributed by atoms with Crippen LogP contribution in [-0.2, 0) is 9.59 Å². The molecule has 10 heteroatoms. The second-order valence-corrected chi connectivity index (χ2v) is 8.51. The quantitative estimate of drug-likeness (QED) is 0.315. The van der Waals surface area contributed by atoms with E-state index in [-0.39, 0.29) is 28.5 Å². The van der Waals surface area contributed by atoms with Crippen molar-refractivity contribution in [3.8, 4) is 23.0 Å². The molecule has 0 aliphatic carbocycles.